The highest BCUT2D eigenvalue weighted by Crippen LogP contribution is 2.25. The summed E-state index contributed by atoms with van der Waals surface area (Å²) in [6, 6.07) is 12.0. The Morgan fingerprint density at radius 2 is 1.86 bits per heavy atom. The van der Waals surface area contributed by atoms with Crippen LogP contribution in [0.1, 0.15) is 24.2 Å². The zero-order valence-electron chi connectivity index (χ0n) is 16.3. The van der Waals surface area contributed by atoms with E-state index >= 15 is 0 Å². The van der Waals surface area contributed by atoms with Crippen LogP contribution in [0.25, 0.3) is 10.9 Å². The van der Waals surface area contributed by atoms with Crippen LogP contribution in [0.2, 0.25) is 5.02 Å². The largest absolute Gasteiger partial charge is 0.353 e. The summed E-state index contributed by atoms with van der Waals surface area (Å²) in [4.78, 5) is 21.8. The van der Waals surface area contributed by atoms with E-state index in [0.717, 1.165) is 41.9 Å². The Balaban J connectivity index is 1.52. The number of pyridine rings is 1. The van der Waals surface area contributed by atoms with Gasteiger partial charge < -0.3 is 14.4 Å². The number of hydrogen-bond donors (Lipinski definition) is 0. The van der Waals surface area contributed by atoms with Gasteiger partial charge in [0.15, 0.2) is 0 Å². The number of carbonyl (C=O) groups excluding carboxylic acids is 1. The summed E-state index contributed by atoms with van der Waals surface area (Å²) in [5.41, 5.74) is 1.93. The summed E-state index contributed by atoms with van der Waals surface area (Å²) in [5, 5.41) is 1.67. The molecule has 0 saturated carbocycles. The lowest BCUT2D eigenvalue weighted by Gasteiger charge is -2.35. The van der Waals surface area contributed by atoms with Crippen molar-refractivity contribution in [3.8, 4) is 0 Å². The molecule has 0 N–H and O–H groups in total. The van der Waals surface area contributed by atoms with Crippen LogP contribution in [-0.2, 0) is 6.54 Å². The van der Waals surface area contributed by atoms with E-state index in [2.05, 4.69) is 34.4 Å². The lowest BCUT2D eigenvalue weighted by molar-refractivity contribution is 0.0748. The minimum atomic E-state index is 0.113. The molecule has 0 spiro atoms. The predicted molar refractivity (Wildman–Crippen MR) is 114 cm³/mol. The molecule has 0 radical (unpaired) electrons. The number of rotatable bonds is 4. The smallest absolute Gasteiger partial charge is 0.256 e. The first-order chi connectivity index (χ1) is 13.5. The number of fused-ring (bicyclic) bond motifs is 1. The molecule has 1 amide bonds. The third-order valence-electron chi connectivity index (χ3n) is 5.18. The molecule has 4 rings (SSSR count). The van der Waals surface area contributed by atoms with Crippen LogP contribution in [0.15, 0.2) is 48.8 Å². The first-order valence-electron chi connectivity index (χ1n) is 9.76. The predicted octanol–water partition coefficient (Wildman–Crippen LogP) is 4.31. The normalized spacial score (nSPS) is 14.9. The van der Waals surface area contributed by atoms with Crippen molar-refractivity contribution in [2.45, 2.75) is 20.4 Å². The maximum absolute atomic E-state index is 13.3. The second-order valence-electron chi connectivity index (χ2n) is 7.72. The molecular weight excluding hydrogens is 372 g/mol. The van der Waals surface area contributed by atoms with E-state index < -0.39 is 0 Å². The van der Waals surface area contributed by atoms with E-state index in [1.54, 1.807) is 6.20 Å². The van der Waals surface area contributed by atoms with Gasteiger partial charge in [0.1, 0.15) is 5.82 Å². The van der Waals surface area contributed by atoms with E-state index in [1.165, 1.54) is 0 Å². The van der Waals surface area contributed by atoms with Gasteiger partial charge in [0.2, 0.25) is 0 Å². The average Bonchev–Trinajstić information content (AvgIpc) is 3.06. The van der Waals surface area contributed by atoms with Crippen molar-refractivity contribution in [3.63, 3.8) is 0 Å². The lowest BCUT2D eigenvalue weighted by atomic mass is 10.1. The zero-order chi connectivity index (χ0) is 19.7. The number of piperazine rings is 1. The van der Waals surface area contributed by atoms with Gasteiger partial charge in [-0.15, -0.1) is 0 Å². The third-order valence-corrected chi connectivity index (χ3v) is 5.41. The van der Waals surface area contributed by atoms with Crippen molar-refractivity contribution < 1.29 is 4.79 Å². The summed E-state index contributed by atoms with van der Waals surface area (Å²) in [5.74, 6) is 1.54. The number of nitrogens with zero attached hydrogens (tertiary/aromatic N) is 4. The number of para-hydroxylation sites is 1. The van der Waals surface area contributed by atoms with Gasteiger partial charge in [0.05, 0.1) is 10.6 Å². The van der Waals surface area contributed by atoms with Crippen LogP contribution in [-0.4, -0.2) is 46.5 Å². The standard InChI is InChI=1S/C22H25ClN4O/c1-16(2)14-27-15-19(18-5-3-4-6-20(18)27)22(28)26-11-9-25(10-12-26)21-8-7-17(23)13-24-21/h3-8,13,15-16H,9-12,14H2,1-2H3. The molecule has 0 aliphatic carbocycles. The Labute approximate surface area is 170 Å². The van der Waals surface area contributed by atoms with Gasteiger partial charge in [-0.25, -0.2) is 4.98 Å². The molecule has 1 aromatic carbocycles. The summed E-state index contributed by atoms with van der Waals surface area (Å²) >= 11 is 5.93. The Hall–Kier alpha value is -2.53. The number of anilines is 1. The van der Waals surface area contributed by atoms with Crippen molar-refractivity contribution in [2.24, 2.45) is 5.92 Å². The summed E-state index contributed by atoms with van der Waals surface area (Å²) in [6.45, 7) is 8.21. The summed E-state index contributed by atoms with van der Waals surface area (Å²) in [7, 11) is 0. The lowest BCUT2D eigenvalue weighted by Crippen LogP contribution is -2.49. The van der Waals surface area contributed by atoms with Crippen molar-refractivity contribution in [1.29, 1.82) is 0 Å². The maximum Gasteiger partial charge on any atom is 0.256 e. The van der Waals surface area contributed by atoms with Gasteiger partial charge in [-0.05, 0) is 24.1 Å². The summed E-state index contributed by atoms with van der Waals surface area (Å²) < 4.78 is 2.21. The number of carbonyl (C=O) groups is 1. The van der Waals surface area contributed by atoms with Crippen LogP contribution in [0.3, 0.4) is 0 Å². The molecule has 0 atom stereocenters. The van der Waals surface area contributed by atoms with E-state index in [1.807, 2.05) is 41.4 Å². The topological polar surface area (TPSA) is 41.4 Å². The first kappa shape index (κ1) is 18.8. The molecule has 1 aliphatic rings. The van der Waals surface area contributed by atoms with Crippen molar-refractivity contribution in [3.05, 3.63) is 59.4 Å². The molecule has 1 aliphatic heterocycles. The Morgan fingerprint density at radius 3 is 2.54 bits per heavy atom. The SMILES string of the molecule is CC(C)Cn1cc(C(=O)N2CCN(c3ccc(Cl)cn3)CC2)c2ccccc21. The van der Waals surface area contributed by atoms with Crippen molar-refractivity contribution in [2.75, 3.05) is 31.1 Å². The van der Waals surface area contributed by atoms with Crippen LogP contribution in [0.4, 0.5) is 5.82 Å². The highest BCUT2D eigenvalue weighted by Gasteiger charge is 2.25. The van der Waals surface area contributed by atoms with E-state index in [9.17, 15) is 4.79 Å². The molecule has 3 aromatic rings. The van der Waals surface area contributed by atoms with Crippen LogP contribution >= 0.6 is 11.6 Å². The molecule has 3 heterocycles. The molecule has 1 fully saturated rings. The van der Waals surface area contributed by atoms with E-state index in [-0.39, 0.29) is 5.91 Å². The number of halogens is 1. The van der Waals surface area contributed by atoms with Gasteiger partial charge in [0.25, 0.3) is 5.91 Å². The van der Waals surface area contributed by atoms with Gasteiger partial charge in [-0.3, -0.25) is 4.79 Å². The second kappa shape index (κ2) is 7.84. The fourth-order valence-electron chi connectivity index (χ4n) is 3.83. The van der Waals surface area contributed by atoms with Gasteiger partial charge in [-0.1, -0.05) is 43.6 Å². The van der Waals surface area contributed by atoms with Crippen molar-refractivity contribution in [1.82, 2.24) is 14.5 Å². The quantitative estimate of drug-likeness (QED) is 0.659. The molecule has 28 heavy (non-hydrogen) atoms. The third kappa shape index (κ3) is 3.72. The molecule has 5 nitrogen and oxygen atoms in total. The number of benzene rings is 1. The minimum Gasteiger partial charge on any atom is -0.353 e. The van der Waals surface area contributed by atoms with Gasteiger partial charge in [-0.2, -0.15) is 0 Å². The molecule has 2 aromatic heterocycles. The summed E-state index contributed by atoms with van der Waals surface area (Å²) in [6.07, 6.45) is 3.69. The van der Waals surface area contributed by atoms with E-state index in [0.29, 0.717) is 24.0 Å². The fourth-order valence-corrected chi connectivity index (χ4v) is 3.94. The van der Waals surface area contributed by atoms with E-state index in [4.69, 9.17) is 11.6 Å². The van der Waals surface area contributed by atoms with Crippen LogP contribution < -0.4 is 4.90 Å². The van der Waals surface area contributed by atoms with Crippen LogP contribution in [0.5, 0.6) is 0 Å². The molecule has 146 valence electrons. The van der Waals surface area contributed by atoms with Gasteiger partial charge >= 0.3 is 0 Å². The highest BCUT2D eigenvalue weighted by molar-refractivity contribution is 6.30. The average molecular weight is 397 g/mol. The molecule has 0 unspecified atom stereocenters. The van der Waals surface area contributed by atoms with Crippen molar-refractivity contribution >= 4 is 34.2 Å². The number of amides is 1. The van der Waals surface area contributed by atoms with Gasteiger partial charge in [0, 0.05) is 56.0 Å². The molecule has 1 saturated heterocycles. The molecule has 0 bridgehead atoms. The monoisotopic (exact) mass is 396 g/mol. The highest BCUT2D eigenvalue weighted by atomic mass is 35.5. The Kier molecular flexibility index (Phi) is 5.27. The Morgan fingerprint density at radius 1 is 1.11 bits per heavy atom. The Bertz CT molecular complexity index is 972. The first-order valence-corrected chi connectivity index (χ1v) is 10.1. The molecule has 6 heteroatoms. The zero-order valence-corrected chi connectivity index (χ0v) is 17.1. The number of hydrogen-bond acceptors (Lipinski definition) is 3. The van der Waals surface area contributed by atoms with Crippen LogP contribution in [0, 0.1) is 5.92 Å². The fraction of sp³-hybridized carbons (Fsp3) is 0.364. The maximum atomic E-state index is 13.3. The number of aromatic nitrogens is 2. The second-order valence-corrected chi connectivity index (χ2v) is 8.16. The molecular formula is C22H25ClN4O. The minimum absolute atomic E-state index is 0.113.